The van der Waals surface area contributed by atoms with E-state index in [2.05, 4.69) is 4.72 Å². The maximum atomic E-state index is 13.6. The number of anilines is 1. The predicted octanol–water partition coefficient (Wildman–Crippen LogP) is 2.80. The molecule has 1 aliphatic carbocycles. The first-order chi connectivity index (χ1) is 13.2. The third kappa shape index (κ3) is 3.54. The molecule has 150 valence electrons. The highest BCUT2D eigenvalue weighted by atomic mass is 32.2. The van der Waals surface area contributed by atoms with Gasteiger partial charge in [0.15, 0.2) is 0 Å². The van der Waals surface area contributed by atoms with Crippen molar-refractivity contribution in [3.8, 4) is 0 Å². The van der Waals surface area contributed by atoms with E-state index in [1.807, 2.05) is 6.92 Å². The van der Waals surface area contributed by atoms with Crippen LogP contribution in [0.1, 0.15) is 31.7 Å². The summed E-state index contributed by atoms with van der Waals surface area (Å²) in [5.74, 6) is -0.400. The molecule has 1 unspecified atom stereocenters. The normalized spacial score (nSPS) is 20.1. The molecule has 9 heteroatoms. The lowest BCUT2D eigenvalue weighted by molar-refractivity contribution is 0.559. The molecule has 2 aromatic carbocycles. The van der Waals surface area contributed by atoms with Gasteiger partial charge in [0.25, 0.3) is 10.0 Å². The van der Waals surface area contributed by atoms with Gasteiger partial charge in [0, 0.05) is 12.1 Å². The molecule has 2 aromatic rings. The van der Waals surface area contributed by atoms with Crippen LogP contribution in [-0.4, -0.2) is 28.9 Å². The average Bonchev–Trinajstić information content (AvgIpc) is 3.45. The second-order valence-electron chi connectivity index (χ2n) is 7.33. The number of halogens is 1. The summed E-state index contributed by atoms with van der Waals surface area (Å²) in [5.41, 5.74) is 1.11. The minimum Gasteiger partial charge on any atom is -0.263 e. The summed E-state index contributed by atoms with van der Waals surface area (Å²) in [6.45, 7) is 1.81. The Bertz CT molecular complexity index is 1110. The Kier molecular flexibility index (Phi) is 4.71. The number of benzene rings is 2. The number of nitrogens with zero attached hydrogens (tertiary/aromatic N) is 1. The molecule has 0 spiro atoms. The lowest BCUT2D eigenvalue weighted by Gasteiger charge is -2.36. The van der Waals surface area contributed by atoms with Crippen molar-refractivity contribution < 1.29 is 21.2 Å². The van der Waals surface area contributed by atoms with Crippen LogP contribution in [0.25, 0.3) is 0 Å². The minimum atomic E-state index is -3.91. The van der Waals surface area contributed by atoms with Crippen LogP contribution in [0.3, 0.4) is 0 Å². The number of nitrogens with one attached hydrogen (secondary N) is 1. The molecule has 1 atom stereocenters. The molecule has 0 amide bonds. The van der Waals surface area contributed by atoms with Crippen molar-refractivity contribution >= 4 is 25.7 Å². The average molecular weight is 425 g/mol. The molecule has 0 aromatic heterocycles. The van der Waals surface area contributed by atoms with Crippen molar-refractivity contribution in [2.75, 3.05) is 4.31 Å². The zero-order chi connectivity index (χ0) is 20.1. The van der Waals surface area contributed by atoms with Crippen molar-refractivity contribution in [2.45, 2.75) is 54.5 Å². The fourth-order valence-corrected chi connectivity index (χ4v) is 6.48. The first-order valence-electron chi connectivity index (χ1n) is 9.14. The summed E-state index contributed by atoms with van der Waals surface area (Å²) in [7, 11) is -7.56. The highest BCUT2D eigenvalue weighted by Gasteiger charge is 2.34. The van der Waals surface area contributed by atoms with E-state index in [-0.39, 0.29) is 21.9 Å². The minimum absolute atomic E-state index is 0.00176. The van der Waals surface area contributed by atoms with E-state index in [4.69, 9.17) is 0 Å². The predicted molar refractivity (Wildman–Crippen MR) is 104 cm³/mol. The Morgan fingerprint density at radius 3 is 2.25 bits per heavy atom. The Balaban J connectivity index is 1.69. The quantitative estimate of drug-likeness (QED) is 0.800. The van der Waals surface area contributed by atoms with Gasteiger partial charge in [-0.05, 0) is 80.6 Å². The molecule has 1 fully saturated rings. The highest BCUT2D eigenvalue weighted by molar-refractivity contribution is 7.93. The largest absolute Gasteiger partial charge is 0.264 e. The fourth-order valence-electron chi connectivity index (χ4n) is 3.45. The van der Waals surface area contributed by atoms with Crippen LogP contribution in [0.2, 0.25) is 0 Å². The molecular formula is C19H21FN2O4S2. The van der Waals surface area contributed by atoms with Gasteiger partial charge in [-0.2, -0.15) is 0 Å². The van der Waals surface area contributed by atoms with Gasteiger partial charge in [-0.15, -0.1) is 0 Å². The number of sulfonamides is 2. The molecule has 0 saturated heterocycles. The summed E-state index contributed by atoms with van der Waals surface area (Å²) in [5, 5.41) is 0. The molecule has 28 heavy (non-hydrogen) atoms. The van der Waals surface area contributed by atoms with Gasteiger partial charge in [0.1, 0.15) is 5.82 Å². The van der Waals surface area contributed by atoms with Gasteiger partial charge in [-0.1, -0.05) is 0 Å². The van der Waals surface area contributed by atoms with Crippen molar-refractivity contribution in [1.82, 2.24) is 4.72 Å². The summed E-state index contributed by atoms with van der Waals surface area (Å²) >= 11 is 0. The lowest BCUT2D eigenvalue weighted by atomic mass is 9.99. The van der Waals surface area contributed by atoms with E-state index in [1.54, 1.807) is 0 Å². The molecule has 1 aliphatic heterocycles. The van der Waals surface area contributed by atoms with E-state index in [0.717, 1.165) is 12.8 Å². The van der Waals surface area contributed by atoms with Gasteiger partial charge >= 0.3 is 0 Å². The maximum Gasteiger partial charge on any atom is 0.264 e. The molecule has 4 rings (SSSR count). The summed E-state index contributed by atoms with van der Waals surface area (Å²) < 4.78 is 68.5. The van der Waals surface area contributed by atoms with Crippen molar-refractivity contribution in [1.29, 1.82) is 0 Å². The van der Waals surface area contributed by atoms with Crippen LogP contribution in [0.4, 0.5) is 10.1 Å². The molecule has 1 heterocycles. The second kappa shape index (κ2) is 6.82. The number of fused-ring (bicyclic) bond motifs is 1. The number of hydrogen-bond acceptors (Lipinski definition) is 4. The SMILES string of the molecule is CC1CCc2cc(F)ccc2N1S(=O)(=O)c1ccc(S(=O)(=O)NC2CC2)cc1. The summed E-state index contributed by atoms with van der Waals surface area (Å²) in [6.07, 6.45) is 2.81. The Morgan fingerprint density at radius 1 is 0.964 bits per heavy atom. The van der Waals surface area contributed by atoms with E-state index >= 15 is 0 Å². The monoisotopic (exact) mass is 424 g/mol. The van der Waals surface area contributed by atoms with Gasteiger partial charge < -0.3 is 0 Å². The fraction of sp³-hybridized carbons (Fsp3) is 0.368. The van der Waals surface area contributed by atoms with Gasteiger partial charge in [0.2, 0.25) is 10.0 Å². The van der Waals surface area contributed by atoms with E-state index in [0.29, 0.717) is 24.1 Å². The topological polar surface area (TPSA) is 83.6 Å². The third-order valence-electron chi connectivity index (χ3n) is 5.10. The summed E-state index contributed by atoms with van der Waals surface area (Å²) in [6, 6.07) is 9.00. The van der Waals surface area contributed by atoms with Crippen LogP contribution in [0, 0.1) is 5.82 Å². The molecule has 0 bridgehead atoms. The number of aryl methyl sites for hydroxylation is 1. The molecule has 6 nitrogen and oxygen atoms in total. The van der Waals surface area contributed by atoms with Crippen LogP contribution in [-0.2, 0) is 26.5 Å². The Morgan fingerprint density at radius 2 is 1.61 bits per heavy atom. The first-order valence-corrected chi connectivity index (χ1v) is 12.1. The van der Waals surface area contributed by atoms with E-state index < -0.39 is 25.9 Å². The lowest BCUT2D eigenvalue weighted by Crippen LogP contribution is -2.42. The summed E-state index contributed by atoms with van der Waals surface area (Å²) in [4.78, 5) is 0.0365. The van der Waals surface area contributed by atoms with Crippen molar-refractivity contribution in [2.24, 2.45) is 0 Å². The Labute approximate surface area is 164 Å². The van der Waals surface area contributed by atoms with Crippen molar-refractivity contribution in [3.63, 3.8) is 0 Å². The van der Waals surface area contributed by atoms with Crippen molar-refractivity contribution in [3.05, 3.63) is 53.8 Å². The molecule has 2 aliphatic rings. The smallest absolute Gasteiger partial charge is 0.263 e. The van der Waals surface area contributed by atoms with Gasteiger partial charge in [0.05, 0.1) is 15.5 Å². The van der Waals surface area contributed by atoms with Crippen LogP contribution >= 0.6 is 0 Å². The van der Waals surface area contributed by atoms with E-state index in [1.165, 1.54) is 46.8 Å². The third-order valence-corrected chi connectivity index (χ3v) is 8.58. The Hall–Kier alpha value is -1.97. The van der Waals surface area contributed by atoms with Crippen LogP contribution in [0.15, 0.2) is 52.3 Å². The second-order valence-corrected chi connectivity index (χ2v) is 10.9. The van der Waals surface area contributed by atoms with Gasteiger partial charge in [-0.25, -0.2) is 25.9 Å². The molecule has 0 radical (unpaired) electrons. The van der Waals surface area contributed by atoms with Crippen LogP contribution in [0.5, 0.6) is 0 Å². The zero-order valence-corrected chi connectivity index (χ0v) is 16.9. The number of rotatable bonds is 5. The number of hydrogen-bond donors (Lipinski definition) is 1. The molecule has 1 N–H and O–H groups in total. The standard InChI is InChI=1S/C19H21FN2O4S2/c1-13-2-3-14-12-15(20)4-11-19(14)22(13)28(25,26)18-9-7-17(8-10-18)27(23,24)21-16-5-6-16/h4,7-13,16,21H,2-3,5-6H2,1H3. The first kappa shape index (κ1) is 19.4. The molecular weight excluding hydrogens is 403 g/mol. The van der Waals surface area contributed by atoms with E-state index in [9.17, 15) is 21.2 Å². The molecule has 1 saturated carbocycles. The zero-order valence-electron chi connectivity index (χ0n) is 15.3. The highest BCUT2D eigenvalue weighted by Crippen LogP contribution is 2.36. The van der Waals surface area contributed by atoms with Crippen LogP contribution < -0.4 is 9.03 Å². The maximum absolute atomic E-state index is 13.6. The van der Waals surface area contributed by atoms with Gasteiger partial charge in [-0.3, -0.25) is 4.31 Å².